The normalized spacial score (nSPS) is 11.6. The van der Waals surface area contributed by atoms with Crippen LogP contribution in [0.4, 0.5) is 5.69 Å². The Balaban J connectivity index is 1.79. The number of rotatable bonds is 7. The summed E-state index contributed by atoms with van der Waals surface area (Å²) in [5, 5.41) is 4.74. The molecule has 0 saturated carbocycles. The number of hydrogen-bond acceptors (Lipinski definition) is 3. The third-order valence-corrected chi connectivity index (χ3v) is 5.56. The maximum absolute atomic E-state index is 13.2. The number of amides is 2. The summed E-state index contributed by atoms with van der Waals surface area (Å²) < 4.78 is 0. The van der Waals surface area contributed by atoms with Crippen molar-refractivity contribution in [1.29, 1.82) is 0 Å². The molecule has 1 heterocycles. The van der Waals surface area contributed by atoms with Gasteiger partial charge in [0.05, 0.1) is 4.88 Å². The van der Waals surface area contributed by atoms with Crippen LogP contribution < -0.4 is 5.32 Å². The van der Waals surface area contributed by atoms with Crippen molar-refractivity contribution in [2.45, 2.75) is 32.9 Å². The first kappa shape index (κ1) is 19.8. The molecule has 28 heavy (non-hydrogen) atoms. The van der Waals surface area contributed by atoms with Crippen molar-refractivity contribution < 1.29 is 9.59 Å². The molecule has 0 saturated heterocycles. The van der Waals surface area contributed by atoms with E-state index >= 15 is 0 Å². The lowest BCUT2D eigenvalue weighted by atomic mass is 10.1. The van der Waals surface area contributed by atoms with Gasteiger partial charge in [0, 0.05) is 23.8 Å². The van der Waals surface area contributed by atoms with Gasteiger partial charge in [0.1, 0.15) is 0 Å². The Labute approximate surface area is 169 Å². The second kappa shape index (κ2) is 9.33. The molecule has 4 nitrogen and oxygen atoms in total. The minimum Gasteiger partial charge on any atom is -0.332 e. The lowest BCUT2D eigenvalue weighted by molar-refractivity contribution is 0.0671. The first-order valence-corrected chi connectivity index (χ1v) is 10.3. The zero-order valence-electron chi connectivity index (χ0n) is 16.1. The Hall–Kier alpha value is -2.92. The fourth-order valence-corrected chi connectivity index (χ4v) is 3.54. The molecular formula is C23H24N2O2S. The monoisotopic (exact) mass is 392 g/mol. The molecule has 3 rings (SSSR count). The SMILES string of the molecule is CCC(C)N(Cc1ccccc1)C(=O)c1cccc(NC(=O)c2cccs2)c1. The summed E-state index contributed by atoms with van der Waals surface area (Å²) in [5.41, 5.74) is 2.28. The van der Waals surface area contributed by atoms with E-state index in [-0.39, 0.29) is 17.9 Å². The van der Waals surface area contributed by atoms with E-state index in [2.05, 4.69) is 19.2 Å². The van der Waals surface area contributed by atoms with Gasteiger partial charge in [-0.1, -0.05) is 49.4 Å². The molecule has 0 aliphatic carbocycles. The van der Waals surface area contributed by atoms with Crippen LogP contribution in [0.5, 0.6) is 0 Å². The highest BCUT2D eigenvalue weighted by Gasteiger charge is 2.21. The Morgan fingerprint density at radius 3 is 2.50 bits per heavy atom. The molecule has 3 aromatic rings. The zero-order chi connectivity index (χ0) is 19.9. The molecule has 2 amide bonds. The lowest BCUT2D eigenvalue weighted by Gasteiger charge is -2.29. The van der Waals surface area contributed by atoms with Gasteiger partial charge in [0.15, 0.2) is 0 Å². The first-order valence-electron chi connectivity index (χ1n) is 9.38. The molecule has 0 aliphatic heterocycles. The van der Waals surface area contributed by atoms with Crippen molar-refractivity contribution in [1.82, 2.24) is 4.90 Å². The highest BCUT2D eigenvalue weighted by Crippen LogP contribution is 2.19. The van der Waals surface area contributed by atoms with E-state index in [1.54, 1.807) is 30.3 Å². The molecule has 1 unspecified atom stereocenters. The van der Waals surface area contributed by atoms with Crippen molar-refractivity contribution in [2.75, 3.05) is 5.32 Å². The molecule has 0 aliphatic rings. The molecule has 144 valence electrons. The standard InChI is InChI=1S/C23H24N2O2S/c1-3-17(2)25(16-18-9-5-4-6-10-18)23(27)19-11-7-12-20(15-19)24-22(26)21-13-8-14-28-21/h4-15,17H,3,16H2,1-2H3,(H,24,26). The molecule has 0 fully saturated rings. The van der Waals surface area contributed by atoms with E-state index in [4.69, 9.17) is 0 Å². The molecule has 1 aromatic heterocycles. The van der Waals surface area contributed by atoms with Gasteiger partial charge in [-0.15, -0.1) is 11.3 Å². The van der Waals surface area contributed by atoms with Gasteiger partial charge in [-0.3, -0.25) is 9.59 Å². The number of anilines is 1. The van der Waals surface area contributed by atoms with Gasteiger partial charge in [-0.2, -0.15) is 0 Å². The average molecular weight is 393 g/mol. The topological polar surface area (TPSA) is 49.4 Å². The predicted octanol–water partition coefficient (Wildman–Crippen LogP) is 5.44. The van der Waals surface area contributed by atoms with Crippen molar-refractivity contribution in [3.05, 3.63) is 88.1 Å². The van der Waals surface area contributed by atoms with Crippen LogP contribution in [0.2, 0.25) is 0 Å². The molecule has 2 aromatic carbocycles. The van der Waals surface area contributed by atoms with E-state index in [0.29, 0.717) is 22.7 Å². The van der Waals surface area contributed by atoms with Crippen LogP contribution in [0.3, 0.4) is 0 Å². The predicted molar refractivity (Wildman–Crippen MR) is 115 cm³/mol. The summed E-state index contributed by atoms with van der Waals surface area (Å²) >= 11 is 1.39. The summed E-state index contributed by atoms with van der Waals surface area (Å²) in [6.45, 7) is 4.69. The number of nitrogens with zero attached hydrogens (tertiary/aromatic N) is 1. The Morgan fingerprint density at radius 2 is 1.82 bits per heavy atom. The van der Waals surface area contributed by atoms with Crippen molar-refractivity contribution in [3.8, 4) is 0 Å². The smallest absolute Gasteiger partial charge is 0.265 e. The minimum atomic E-state index is -0.164. The third kappa shape index (κ3) is 4.87. The first-order chi connectivity index (χ1) is 13.6. The van der Waals surface area contributed by atoms with Crippen LogP contribution in [0.1, 0.15) is 45.9 Å². The molecule has 1 N–H and O–H groups in total. The van der Waals surface area contributed by atoms with Crippen molar-refractivity contribution in [3.63, 3.8) is 0 Å². The van der Waals surface area contributed by atoms with Crippen molar-refractivity contribution >= 4 is 28.8 Å². The number of nitrogens with one attached hydrogen (secondary N) is 1. The molecular weight excluding hydrogens is 368 g/mol. The minimum absolute atomic E-state index is 0.0366. The quantitative estimate of drug-likeness (QED) is 0.582. The summed E-state index contributed by atoms with van der Waals surface area (Å²) in [5.74, 6) is -0.201. The number of benzene rings is 2. The van der Waals surface area contributed by atoms with Crippen LogP contribution in [-0.4, -0.2) is 22.8 Å². The molecule has 5 heteroatoms. The third-order valence-electron chi connectivity index (χ3n) is 4.69. The van der Waals surface area contributed by atoms with Crippen LogP contribution in [0.25, 0.3) is 0 Å². The second-order valence-corrected chi connectivity index (χ2v) is 7.64. The van der Waals surface area contributed by atoms with Gasteiger partial charge in [0.2, 0.25) is 0 Å². The van der Waals surface area contributed by atoms with E-state index < -0.39 is 0 Å². The number of carbonyl (C=O) groups excluding carboxylic acids is 2. The molecule has 1 atom stereocenters. The average Bonchev–Trinajstić information content (AvgIpc) is 3.27. The highest BCUT2D eigenvalue weighted by molar-refractivity contribution is 7.12. The Morgan fingerprint density at radius 1 is 1.04 bits per heavy atom. The van der Waals surface area contributed by atoms with Gasteiger partial charge in [-0.25, -0.2) is 0 Å². The fraction of sp³-hybridized carbons (Fsp3) is 0.217. The van der Waals surface area contributed by atoms with Crippen LogP contribution >= 0.6 is 11.3 Å². The molecule has 0 spiro atoms. The summed E-state index contributed by atoms with van der Waals surface area (Å²) in [7, 11) is 0. The Bertz CT molecular complexity index is 923. The number of hydrogen-bond donors (Lipinski definition) is 1. The van der Waals surface area contributed by atoms with E-state index in [0.717, 1.165) is 12.0 Å². The fourth-order valence-electron chi connectivity index (χ4n) is 2.92. The zero-order valence-corrected chi connectivity index (χ0v) is 16.9. The van der Waals surface area contributed by atoms with E-state index in [1.165, 1.54) is 11.3 Å². The van der Waals surface area contributed by atoms with Gasteiger partial charge < -0.3 is 10.2 Å². The van der Waals surface area contributed by atoms with Crippen LogP contribution in [-0.2, 0) is 6.54 Å². The maximum atomic E-state index is 13.2. The van der Waals surface area contributed by atoms with Crippen LogP contribution in [0.15, 0.2) is 72.1 Å². The van der Waals surface area contributed by atoms with E-state index in [9.17, 15) is 9.59 Å². The maximum Gasteiger partial charge on any atom is 0.265 e. The van der Waals surface area contributed by atoms with Gasteiger partial charge >= 0.3 is 0 Å². The largest absolute Gasteiger partial charge is 0.332 e. The van der Waals surface area contributed by atoms with Gasteiger partial charge in [-0.05, 0) is 48.6 Å². The lowest BCUT2D eigenvalue weighted by Crippen LogP contribution is -2.37. The second-order valence-electron chi connectivity index (χ2n) is 6.69. The summed E-state index contributed by atoms with van der Waals surface area (Å²) in [6, 6.07) is 20.9. The number of thiophene rings is 1. The van der Waals surface area contributed by atoms with E-state index in [1.807, 2.05) is 46.7 Å². The van der Waals surface area contributed by atoms with Gasteiger partial charge in [0.25, 0.3) is 11.8 Å². The highest BCUT2D eigenvalue weighted by atomic mass is 32.1. The van der Waals surface area contributed by atoms with Crippen molar-refractivity contribution in [2.24, 2.45) is 0 Å². The van der Waals surface area contributed by atoms with Crippen LogP contribution in [0, 0.1) is 0 Å². The summed E-state index contributed by atoms with van der Waals surface area (Å²) in [4.78, 5) is 28.0. The number of carbonyl (C=O) groups is 2. The molecule has 0 bridgehead atoms. The molecule has 0 radical (unpaired) electrons. The summed E-state index contributed by atoms with van der Waals surface area (Å²) in [6.07, 6.45) is 0.868. The Kier molecular flexibility index (Phi) is 6.61.